The molecule has 0 aliphatic rings. The third-order valence-corrected chi connectivity index (χ3v) is 2.94. The van der Waals surface area contributed by atoms with Crippen LogP contribution in [0.4, 0.5) is 10.8 Å². The Morgan fingerprint density at radius 3 is 2.71 bits per heavy atom. The van der Waals surface area contributed by atoms with Crippen LogP contribution in [0.25, 0.3) is 0 Å². The number of nitrogens with one attached hydrogen (secondary N) is 1. The maximum Gasteiger partial charge on any atom is 0.209 e. The van der Waals surface area contributed by atoms with Crippen molar-refractivity contribution in [3.63, 3.8) is 0 Å². The first kappa shape index (κ1) is 11.5. The molecule has 0 unspecified atom stereocenters. The zero-order chi connectivity index (χ0) is 12.1. The van der Waals surface area contributed by atoms with Crippen LogP contribution < -0.4 is 10.6 Å². The van der Waals surface area contributed by atoms with Crippen LogP contribution in [0, 0.1) is 5.41 Å². The molecular weight excluding hydrogens is 234 g/mol. The monoisotopic (exact) mass is 247 g/mol. The molecule has 0 radical (unpaired) electrons. The SMILES string of the molecule is N=C(N)CCN(c1ccccc1)c1ncns1. The Labute approximate surface area is 104 Å². The molecule has 3 N–H and O–H groups in total. The van der Waals surface area contributed by atoms with Gasteiger partial charge in [-0.1, -0.05) is 18.2 Å². The summed E-state index contributed by atoms with van der Waals surface area (Å²) in [5, 5.41) is 8.11. The van der Waals surface area contributed by atoms with Crippen molar-refractivity contribution in [2.24, 2.45) is 5.73 Å². The number of nitrogens with zero attached hydrogens (tertiary/aromatic N) is 3. The van der Waals surface area contributed by atoms with Gasteiger partial charge in [-0.15, -0.1) is 0 Å². The molecule has 2 aromatic rings. The highest BCUT2D eigenvalue weighted by atomic mass is 32.1. The molecule has 0 aliphatic carbocycles. The number of amidine groups is 1. The third-order valence-electron chi connectivity index (χ3n) is 2.25. The van der Waals surface area contributed by atoms with E-state index in [0.29, 0.717) is 13.0 Å². The zero-order valence-corrected chi connectivity index (χ0v) is 10.0. The maximum atomic E-state index is 7.29. The van der Waals surface area contributed by atoms with Gasteiger partial charge in [-0.05, 0) is 12.1 Å². The third kappa shape index (κ3) is 3.01. The first-order chi connectivity index (χ1) is 8.27. The molecule has 0 bridgehead atoms. The second kappa shape index (κ2) is 5.40. The van der Waals surface area contributed by atoms with Crippen LogP contribution in [0.3, 0.4) is 0 Å². The molecule has 0 amide bonds. The van der Waals surface area contributed by atoms with E-state index in [0.717, 1.165) is 10.8 Å². The summed E-state index contributed by atoms with van der Waals surface area (Å²) >= 11 is 1.33. The molecular formula is C11H13N5S. The van der Waals surface area contributed by atoms with Gasteiger partial charge in [-0.2, -0.15) is 4.37 Å². The zero-order valence-electron chi connectivity index (χ0n) is 9.21. The second-order valence-corrected chi connectivity index (χ2v) is 4.24. The van der Waals surface area contributed by atoms with E-state index in [1.807, 2.05) is 35.2 Å². The summed E-state index contributed by atoms with van der Waals surface area (Å²) < 4.78 is 4.00. The molecule has 17 heavy (non-hydrogen) atoms. The fourth-order valence-electron chi connectivity index (χ4n) is 1.46. The molecule has 0 saturated carbocycles. The van der Waals surface area contributed by atoms with Crippen molar-refractivity contribution in [3.05, 3.63) is 36.7 Å². The van der Waals surface area contributed by atoms with Gasteiger partial charge in [0.2, 0.25) is 5.13 Å². The van der Waals surface area contributed by atoms with E-state index in [1.54, 1.807) is 0 Å². The van der Waals surface area contributed by atoms with Gasteiger partial charge >= 0.3 is 0 Å². The highest BCUT2D eigenvalue weighted by molar-refractivity contribution is 7.09. The number of benzene rings is 1. The number of nitrogens with two attached hydrogens (primary N) is 1. The lowest BCUT2D eigenvalue weighted by Crippen LogP contribution is -2.23. The minimum absolute atomic E-state index is 0.176. The molecule has 0 spiro atoms. The summed E-state index contributed by atoms with van der Waals surface area (Å²) in [5.74, 6) is 0.176. The van der Waals surface area contributed by atoms with Gasteiger partial charge in [0, 0.05) is 30.2 Å². The number of hydrogen-bond donors (Lipinski definition) is 2. The predicted octanol–water partition coefficient (Wildman–Crippen LogP) is 2.00. The molecule has 0 saturated heterocycles. The molecule has 2 rings (SSSR count). The number of rotatable bonds is 5. The van der Waals surface area contributed by atoms with E-state index in [-0.39, 0.29) is 5.84 Å². The Bertz CT molecular complexity index is 468. The molecule has 0 fully saturated rings. The molecule has 88 valence electrons. The summed E-state index contributed by atoms with van der Waals surface area (Å²) in [6.07, 6.45) is 2.04. The van der Waals surface area contributed by atoms with Crippen molar-refractivity contribution < 1.29 is 0 Å². The van der Waals surface area contributed by atoms with Crippen LogP contribution in [-0.4, -0.2) is 21.7 Å². The number of aromatic nitrogens is 2. The lowest BCUT2D eigenvalue weighted by Gasteiger charge is -2.20. The fourth-order valence-corrected chi connectivity index (χ4v) is 2.04. The summed E-state index contributed by atoms with van der Waals surface area (Å²) in [6.45, 7) is 0.633. The summed E-state index contributed by atoms with van der Waals surface area (Å²) in [5.41, 5.74) is 6.43. The minimum Gasteiger partial charge on any atom is -0.388 e. The average molecular weight is 247 g/mol. The molecule has 1 aromatic carbocycles. The van der Waals surface area contributed by atoms with Gasteiger partial charge in [0.1, 0.15) is 6.33 Å². The van der Waals surface area contributed by atoms with Gasteiger partial charge in [0.05, 0.1) is 5.84 Å². The van der Waals surface area contributed by atoms with Crippen LogP contribution in [0.5, 0.6) is 0 Å². The highest BCUT2D eigenvalue weighted by Crippen LogP contribution is 2.25. The normalized spacial score (nSPS) is 10.1. The highest BCUT2D eigenvalue weighted by Gasteiger charge is 2.12. The van der Waals surface area contributed by atoms with Gasteiger partial charge in [0.25, 0.3) is 0 Å². The lowest BCUT2D eigenvalue weighted by molar-refractivity contribution is 0.946. The van der Waals surface area contributed by atoms with Gasteiger partial charge < -0.3 is 10.6 Å². The van der Waals surface area contributed by atoms with E-state index in [1.165, 1.54) is 17.9 Å². The van der Waals surface area contributed by atoms with E-state index in [4.69, 9.17) is 11.1 Å². The standard InChI is InChI=1S/C11H13N5S/c12-10(13)6-7-16(11-14-8-15-17-11)9-4-2-1-3-5-9/h1-5,8H,6-7H2,(H3,12,13). The van der Waals surface area contributed by atoms with E-state index in [9.17, 15) is 0 Å². The van der Waals surface area contributed by atoms with Crippen LogP contribution in [0.2, 0.25) is 0 Å². The van der Waals surface area contributed by atoms with Gasteiger partial charge in [-0.25, -0.2) is 4.98 Å². The smallest absolute Gasteiger partial charge is 0.209 e. The Balaban J connectivity index is 2.22. The molecule has 0 aliphatic heterocycles. The summed E-state index contributed by atoms with van der Waals surface area (Å²) in [7, 11) is 0. The summed E-state index contributed by atoms with van der Waals surface area (Å²) in [6, 6.07) is 9.91. The first-order valence-corrected chi connectivity index (χ1v) is 5.97. The minimum atomic E-state index is 0.176. The van der Waals surface area contributed by atoms with E-state index in [2.05, 4.69) is 9.36 Å². The van der Waals surface area contributed by atoms with E-state index < -0.39 is 0 Å². The van der Waals surface area contributed by atoms with Crippen molar-refractivity contribution in [2.75, 3.05) is 11.4 Å². The van der Waals surface area contributed by atoms with Crippen molar-refractivity contribution in [3.8, 4) is 0 Å². The first-order valence-electron chi connectivity index (χ1n) is 5.19. The van der Waals surface area contributed by atoms with Crippen LogP contribution in [-0.2, 0) is 0 Å². The number of anilines is 2. The van der Waals surface area contributed by atoms with Crippen molar-refractivity contribution >= 4 is 28.2 Å². The van der Waals surface area contributed by atoms with Crippen molar-refractivity contribution in [1.82, 2.24) is 9.36 Å². The predicted molar refractivity (Wildman–Crippen MR) is 69.9 cm³/mol. The van der Waals surface area contributed by atoms with Crippen LogP contribution in [0.15, 0.2) is 36.7 Å². The van der Waals surface area contributed by atoms with Crippen molar-refractivity contribution in [1.29, 1.82) is 5.41 Å². The molecule has 5 nitrogen and oxygen atoms in total. The Hall–Kier alpha value is -1.95. The van der Waals surface area contributed by atoms with E-state index >= 15 is 0 Å². The van der Waals surface area contributed by atoms with Gasteiger partial charge in [0.15, 0.2) is 0 Å². The maximum absolute atomic E-state index is 7.29. The largest absolute Gasteiger partial charge is 0.388 e. The molecule has 1 heterocycles. The molecule has 1 aromatic heterocycles. The summed E-state index contributed by atoms with van der Waals surface area (Å²) in [4.78, 5) is 6.21. The Morgan fingerprint density at radius 1 is 1.35 bits per heavy atom. The topological polar surface area (TPSA) is 78.9 Å². The van der Waals surface area contributed by atoms with Crippen LogP contribution >= 0.6 is 11.5 Å². The van der Waals surface area contributed by atoms with Crippen LogP contribution in [0.1, 0.15) is 6.42 Å². The van der Waals surface area contributed by atoms with Crippen molar-refractivity contribution in [2.45, 2.75) is 6.42 Å². The Morgan fingerprint density at radius 2 is 2.12 bits per heavy atom. The second-order valence-electron chi connectivity index (χ2n) is 3.49. The average Bonchev–Trinajstić information content (AvgIpc) is 2.84. The lowest BCUT2D eigenvalue weighted by atomic mass is 10.3. The Kier molecular flexibility index (Phi) is 3.66. The number of hydrogen-bond acceptors (Lipinski definition) is 5. The molecule has 0 atom stereocenters. The quantitative estimate of drug-likeness (QED) is 0.625. The molecule has 6 heteroatoms. The van der Waals surface area contributed by atoms with Gasteiger partial charge in [-0.3, -0.25) is 5.41 Å². The fraction of sp³-hybridized carbons (Fsp3) is 0.182. The number of para-hydroxylation sites is 1.